The summed E-state index contributed by atoms with van der Waals surface area (Å²) >= 11 is 1.35. The fourth-order valence-electron chi connectivity index (χ4n) is 2.80. The lowest BCUT2D eigenvalue weighted by Gasteiger charge is -2.20. The second kappa shape index (κ2) is 9.16. The van der Waals surface area contributed by atoms with Gasteiger partial charge >= 0.3 is 0 Å². The lowest BCUT2D eigenvalue weighted by molar-refractivity contribution is 0.0953. The molecule has 0 fully saturated rings. The highest BCUT2D eigenvalue weighted by Gasteiger charge is 2.20. The Morgan fingerprint density at radius 2 is 1.66 bits per heavy atom. The number of benzene rings is 2. The van der Waals surface area contributed by atoms with E-state index in [1.807, 2.05) is 18.4 Å². The van der Waals surface area contributed by atoms with Gasteiger partial charge in [0.05, 0.1) is 16.1 Å². The molecule has 0 saturated heterocycles. The predicted octanol–water partition coefficient (Wildman–Crippen LogP) is 4.03. The highest BCUT2D eigenvalue weighted by atomic mass is 32.1. The number of nitrogens with zero attached hydrogens (tertiary/aromatic N) is 1. The number of carbonyl (C=O) groups excluding carboxylic acids is 3. The molecular weight excluding hydrogens is 386 g/mol. The molecule has 0 atom stereocenters. The lowest BCUT2D eigenvalue weighted by atomic mass is 10.1. The highest BCUT2D eigenvalue weighted by molar-refractivity contribution is 7.12. The van der Waals surface area contributed by atoms with E-state index in [-0.39, 0.29) is 17.7 Å². The Kier molecular flexibility index (Phi) is 6.41. The van der Waals surface area contributed by atoms with Gasteiger partial charge in [0, 0.05) is 24.8 Å². The maximum Gasteiger partial charge on any atom is 0.268 e. The van der Waals surface area contributed by atoms with E-state index < -0.39 is 0 Å². The number of hydrogen-bond donors (Lipinski definition) is 2. The monoisotopic (exact) mass is 407 g/mol. The summed E-state index contributed by atoms with van der Waals surface area (Å²) in [5.41, 5.74) is 1.98. The third-order valence-corrected chi connectivity index (χ3v) is 5.15. The van der Waals surface area contributed by atoms with Gasteiger partial charge < -0.3 is 15.5 Å². The molecule has 1 heterocycles. The second-order valence-corrected chi connectivity index (χ2v) is 7.20. The first kappa shape index (κ1) is 20.3. The van der Waals surface area contributed by atoms with Crippen LogP contribution in [0.2, 0.25) is 0 Å². The molecule has 29 heavy (non-hydrogen) atoms. The molecule has 1 aromatic heterocycles. The van der Waals surface area contributed by atoms with Crippen molar-refractivity contribution in [2.75, 3.05) is 23.8 Å². The quantitative estimate of drug-likeness (QED) is 0.648. The summed E-state index contributed by atoms with van der Waals surface area (Å²) in [6, 6.07) is 17.2. The van der Waals surface area contributed by atoms with Crippen molar-refractivity contribution in [1.82, 2.24) is 5.32 Å². The number of nitrogens with one attached hydrogen (secondary N) is 2. The van der Waals surface area contributed by atoms with Gasteiger partial charge in [0.15, 0.2) is 0 Å². The van der Waals surface area contributed by atoms with Crippen LogP contribution >= 0.6 is 11.3 Å². The van der Waals surface area contributed by atoms with Crippen LogP contribution in [0, 0.1) is 0 Å². The van der Waals surface area contributed by atoms with Crippen molar-refractivity contribution in [3.63, 3.8) is 0 Å². The summed E-state index contributed by atoms with van der Waals surface area (Å²) in [5.74, 6) is -0.673. The van der Waals surface area contributed by atoms with Gasteiger partial charge in [0.2, 0.25) is 0 Å². The van der Waals surface area contributed by atoms with Gasteiger partial charge in [-0.15, -0.1) is 11.3 Å². The molecule has 0 aliphatic rings. The van der Waals surface area contributed by atoms with E-state index in [4.69, 9.17) is 0 Å². The zero-order valence-corrected chi connectivity index (χ0v) is 17.0. The van der Waals surface area contributed by atoms with Crippen LogP contribution in [0.5, 0.6) is 0 Å². The Morgan fingerprint density at radius 1 is 0.931 bits per heavy atom. The van der Waals surface area contributed by atoms with Crippen LogP contribution < -0.4 is 15.5 Å². The molecule has 0 aliphatic heterocycles. The minimum atomic E-state index is -0.336. The van der Waals surface area contributed by atoms with Crippen molar-refractivity contribution in [3.8, 4) is 0 Å². The number of hydrogen-bond acceptors (Lipinski definition) is 4. The van der Waals surface area contributed by atoms with Crippen molar-refractivity contribution < 1.29 is 14.4 Å². The highest BCUT2D eigenvalue weighted by Crippen LogP contribution is 2.24. The number of rotatable bonds is 6. The average Bonchev–Trinajstić information content (AvgIpc) is 3.28. The first-order chi connectivity index (χ1) is 14.0. The van der Waals surface area contributed by atoms with E-state index in [0.29, 0.717) is 33.9 Å². The molecule has 0 aliphatic carbocycles. The molecule has 2 aromatic carbocycles. The molecule has 0 saturated carbocycles. The molecule has 0 unspecified atom stereocenters. The largest absolute Gasteiger partial charge is 0.352 e. The van der Waals surface area contributed by atoms with E-state index in [0.717, 1.165) is 0 Å². The topological polar surface area (TPSA) is 78.5 Å². The van der Waals surface area contributed by atoms with E-state index >= 15 is 0 Å². The average molecular weight is 407 g/mol. The third kappa shape index (κ3) is 4.70. The van der Waals surface area contributed by atoms with Gasteiger partial charge in [-0.2, -0.15) is 0 Å². The van der Waals surface area contributed by atoms with Gasteiger partial charge in [-0.05, 0) is 54.8 Å². The summed E-state index contributed by atoms with van der Waals surface area (Å²) in [5, 5.41) is 7.38. The van der Waals surface area contributed by atoms with E-state index in [1.54, 1.807) is 61.6 Å². The maximum absolute atomic E-state index is 12.8. The van der Waals surface area contributed by atoms with Crippen molar-refractivity contribution in [1.29, 1.82) is 0 Å². The second-order valence-electron chi connectivity index (χ2n) is 6.25. The minimum Gasteiger partial charge on any atom is -0.352 e. The molecule has 3 aromatic rings. The van der Waals surface area contributed by atoms with E-state index in [1.165, 1.54) is 16.2 Å². The molecule has 3 rings (SSSR count). The first-order valence-electron chi connectivity index (χ1n) is 9.11. The molecule has 7 heteroatoms. The molecule has 3 amide bonds. The van der Waals surface area contributed by atoms with Crippen LogP contribution in [0.3, 0.4) is 0 Å². The van der Waals surface area contributed by atoms with Crippen molar-refractivity contribution in [2.24, 2.45) is 0 Å². The number of thiophene rings is 1. The maximum atomic E-state index is 12.8. The van der Waals surface area contributed by atoms with Crippen LogP contribution in [0.15, 0.2) is 66.0 Å². The molecule has 0 spiro atoms. The summed E-state index contributed by atoms with van der Waals surface area (Å²) in [6.07, 6.45) is 0. The van der Waals surface area contributed by atoms with Gasteiger partial charge in [0.25, 0.3) is 17.7 Å². The molecule has 6 nitrogen and oxygen atoms in total. The van der Waals surface area contributed by atoms with Gasteiger partial charge in [-0.25, -0.2) is 0 Å². The zero-order chi connectivity index (χ0) is 20.8. The van der Waals surface area contributed by atoms with E-state index in [2.05, 4.69) is 10.6 Å². The zero-order valence-electron chi connectivity index (χ0n) is 16.1. The number of anilines is 2. The van der Waals surface area contributed by atoms with Crippen LogP contribution in [0.25, 0.3) is 0 Å². The lowest BCUT2D eigenvalue weighted by Crippen LogP contribution is -2.28. The van der Waals surface area contributed by atoms with Crippen LogP contribution in [-0.2, 0) is 0 Å². The van der Waals surface area contributed by atoms with Crippen molar-refractivity contribution in [3.05, 3.63) is 82.0 Å². The Hall–Kier alpha value is -3.45. The summed E-state index contributed by atoms with van der Waals surface area (Å²) in [6.45, 7) is 2.40. The van der Waals surface area contributed by atoms with Gasteiger partial charge in [-0.1, -0.05) is 18.2 Å². The van der Waals surface area contributed by atoms with Crippen LogP contribution in [0.4, 0.5) is 11.4 Å². The first-order valence-corrected chi connectivity index (χ1v) is 9.99. The summed E-state index contributed by atoms with van der Waals surface area (Å²) < 4.78 is 0. The Morgan fingerprint density at radius 3 is 2.31 bits per heavy atom. The number of carbonyl (C=O) groups is 3. The van der Waals surface area contributed by atoms with Crippen molar-refractivity contribution in [2.45, 2.75) is 6.92 Å². The number of amides is 3. The summed E-state index contributed by atoms with van der Waals surface area (Å²) in [7, 11) is 1.65. The fraction of sp³-hybridized carbons (Fsp3) is 0.136. The molecule has 0 radical (unpaired) electrons. The van der Waals surface area contributed by atoms with Crippen molar-refractivity contribution >= 4 is 40.4 Å². The number of para-hydroxylation sites is 1. The SMILES string of the molecule is CCNC(=O)c1ccc(NC(=O)c2ccccc2N(C)C(=O)c2cccs2)cc1. The van der Waals surface area contributed by atoms with Crippen LogP contribution in [-0.4, -0.2) is 31.3 Å². The fourth-order valence-corrected chi connectivity index (χ4v) is 3.50. The Bertz CT molecular complexity index is 1010. The molecule has 148 valence electrons. The molecule has 2 N–H and O–H groups in total. The summed E-state index contributed by atoms with van der Waals surface area (Å²) in [4.78, 5) is 39.4. The Balaban J connectivity index is 1.78. The van der Waals surface area contributed by atoms with Crippen LogP contribution in [0.1, 0.15) is 37.3 Å². The normalized spacial score (nSPS) is 10.3. The van der Waals surface area contributed by atoms with E-state index in [9.17, 15) is 14.4 Å². The third-order valence-electron chi connectivity index (χ3n) is 4.29. The minimum absolute atomic E-state index is 0.163. The van der Waals surface area contributed by atoms with Gasteiger partial charge in [0.1, 0.15) is 0 Å². The predicted molar refractivity (Wildman–Crippen MR) is 116 cm³/mol. The molecular formula is C22H21N3O3S. The smallest absolute Gasteiger partial charge is 0.268 e. The Labute approximate surface area is 173 Å². The molecule has 0 bridgehead atoms. The van der Waals surface area contributed by atoms with Gasteiger partial charge in [-0.3, -0.25) is 14.4 Å². The standard InChI is InChI=1S/C22H21N3O3S/c1-3-23-20(26)15-10-12-16(13-11-15)24-21(27)17-7-4-5-8-18(17)25(2)22(28)19-9-6-14-29-19/h4-14H,3H2,1-2H3,(H,23,26)(H,24,27).